The fourth-order valence-corrected chi connectivity index (χ4v) is 6.04. The zero-order chi connectivity index (χ0) is 25.9. The topological polar surface area (TPSA) is 93.5 Å². The van der Waals surface area contributed by atoms with E-state index in [2.05, 4.69) is 14.7 Å². The van der Waals surface area contributed by atoms with E-state index in [1.54, 1.807) is 4.90 Å². The summed E-state index contributed by atoms with van der Waals surface area (Å²) in [6, 6.07) is 3.30. The van der Waals surface area contributed by atoms with Gasteiger partial charge in [0.25, 0.3) is 5.91 Å². The third-order valence-electron chi connectivity index (χ3n) is 7.96. The van der Waals surface area contributed by atoms with Gasteiger partial charge in [-0.3, -0.25) is 4.79 Å². The Kier molecular flexibility index (Phi) is 5.59. The summed E-state index contributed by atoms with van der Waals surface area (Å²) in [5.74, 6) is -1.29. The smallest absolute Gasteiger partial charge is 0.406 e. The number of likely N-dealkylation sites (tertiary alicyclic amines) is 1. The number of alkyl halides is 3. The standard InChI is InChI=1S/C26H26F4N4O3/c27-18-11-32-23-22(17-10-25(12-36-13-25)6-3-20(17)33-23)21(18)14-4-7-34(8-5-14)24(35)16-2-1-15(9-19(16)31)37-26(28,29)30/h1-2,9,11,14H,3-8,10,12-13,31H2,(H,32,33). The van der Waals surface area contributed by atoms with Crippen molar-refractivity contribution in [1.29, 1.82) is 0 Å². The molecule has 0 saturated carbocycles. The Bertz CT molecular complexity index is 1370. The Morgan fingerprint density at radius 2 is 2.00 bits per heavy atom. The molecule has 0 radical (unpaired) electrons. The number of hydrogen-bond donors (Lipinski definition) is 2. The van der Waals surface area contributed by atoms with Crippen molar-refractivity contribution in [2.75, 3.05) is 32.0 Å². The van der Waals surface area contributed by atoms with E-state index in [9.17, 15) is 18.0 Å². The predicted molar refractivity (Wildman–Crippen MR) is 127 cm³/mol. The molecule has 196 valence electrons. The van der Waals surface area contributed by atoms with Crippen LogP contribution in [0.3, 0.4) is 0 Å². The zero-order valence-corrected chi connectivity index (χ0v) is 20.0. The lowest BCUT2D eigenvalue weighted by Gasteiger charge is -2.44. The number of nitrogens with two attached hydrogens (primary N) is 1. The molecule has 3 aliphatic rings. The second-order valence-corrected chi connectivity index (χ2v) is 10.4. The molecule has 7 nitrogen and oxygen atoms in total. The second-order valence-electron chi connectivity index (χ2n) is 10.4. The van der Waals surface area contributed by atoms with Gasteiger partial charge in [-0.2, -0.15) is 0 Å². The maximum atomic E-state index is 15.3. The first-order valence-corrected chi connectivity index (χ1v) is 12.3. The minimum atomic E-state index is -4.85. The van der Waals surface area contributed by atoms with E-state index in [0.29, 0.717) is 37.1 Å². The van der Waals surface area contributed by atoms with Crippen molar-refractivity contribution in [1.82, 2.24) is 14.9 Å². The van der Waals surface area contributed by atoms with Crippen LogP contribution in [0.4, 0.5) is 23.2 Å². The average molecular weight is 519 g/mol. The molecule has 0 atom stereocenters. The molecule has 37 heavy (non-hydrogen) atoms. The van der Waals surface area contributed by atoms with Crippen molar-refractivity contribution in [3.63, 3.8) is 0 Å². The molecule has 11 heteroatoms. The fourth-order valence-electron chi connectivity index (χ4n) is 6.04. The number of pyridine rings is 1. The highest BCUT2D eigenvalue weighted by Crippen LogP contribution is 2.46. The number of nitrogen functional groups attached to an aromatic ring is 1. The molecule has 6 rings (SSSR count). The number of nitrogens with zero attached hydrogens (tertiary/aromatic N) is 2. The number of anilines is 1. The van der Waals surface area contributed by atoms with Crippen LogP contribution in [0.5, 0.6) is 5.75 Å². The third-order valence-corrected chi connectivity index (χ3v) is 7.96. The lowest BCUT2D eigenvalue weighted by atomic mass is 9.71. The quantitative estimate of drug-likeness (QED) is 0.387. The first-order valence-electron chi connectivity index (χ1n) is 12.3. The van der Waals surface area contributed by atoms with Crippen LogP contribution in [0.1, 0.15) is 52.4 Å². The van der Waals surface area contributed by atoms with Gasteiger partial charge in [0.15, 0.2) is 0 Å². The molecule has 1 spiro atoms. The number of nitrogens with one attached hydrogen (secondary N) is 1. The van der Waals surface area contributed by atoms with E-state index < -0.39 is 12.1 Å². The molecule has 2 aromatic heterocycles. The number of carbonyl (C=O) groups is 1. The average Bonchev–Trinajstić information content (AvgIpc) is 3.19. The Labute approximate surface area is 209 Å². The van der Waals surface area contributed by atoms with E-state index in [0.717, 1.165) is 61.3 Å². The SMILES string of the molecule is Nc1cc(OC(F)(F)F)ccc1C(=O)N1CCC(c2c(F)cnc3[nH]c4c(c23)CC2(CC4)COC2)CC1. The number of rotatable bonds is 3. The second kappa shape index (κ2) is 8.61. The Hall–Kier alpha value is -3.34. The summed E-state index contributed by atoms with van der Waals surface area (Å²) >= 11 is 0. The summed E-state index contributed by atoms with van der Waals surface area (Å²) < 4.78 is 62.1. The van der Waals surface area contributed by atoms with Gasteiger partial charge in [0.1, 0.15) is 17.2 Å². The Morgan fingerprint density at radius 1 is 1.24 bits per heavy atom. The van der Waals surface area contributed by atoms with E-state index in [1.165, 1.54) is 12.3 Å². The van der Waals surface area contributed by atoms with Gasteiger partial charge in [0.05, 0.1) is 25.0 Å². The van der Waals surface area contributed by atoms with Crippen LogP contribution in [0.15, 0.2) is 24.4 Å². The molecule has 0 unspecified atom stereocenters. The number of H-pyrrole nitrogens is 1. The van der Waals surface area contributed by atoms with Crippen LogP contribution >= 0.6 is 0 Å². The van der Waals surface area contributed by atoms with Crippen LogP contribution in [-0.4, -0.2) is 53.4 Å². The number of amides is 1. The maximum absolute atomic E-state index is 15.3. The lowest BCUT2D eigenvalue weighted by Crippen LogP contribution is -2.46. The number of carbonyl (C=O) groups excluding carboxylic acids is 1. The van der Waals surface area contributed by atoms with Gasteiger partial charge < -0.3 is 25.1 Å². The maximum Gasteiger partial charge on any atom is 0.573 e. The fraction of sp³-hybridized carbons (Fsp3) is 0.462. The molecular weight excluding hydrogens is 492 g/mol. The van der Waals surface area contributed by atoms with Crippen LogP contribution in [0, 0.1) is 11.2 Å². The highest BCUT2D eigenvalue weighted by Gasteiger charge is 2.43. The summed E-state index contributed by atoms with van der Waals surface area (Å²) in [5, 5.41) is 0.871. The van der Waals surface area contributed by atoms with Crippen molar-refractivity contribution < 1.29 is 31.8 Å². The van der Waals surface area contributed by atoms with Crippen LogP contribution in [-0.2, 0) is 17.6 Å². The van der Waals surface area contributed by atoms with Gasteiger partial charge in [-0.15, -0.1) is 13.2 Å². The van der Waals surface area contributed by atoms with Gasteiger partial charge in [0.2, 0.25) is 0 Å². The van der Waals surface area contributed by atoms with Gasteiger partial charge in [-0.25, -0.2) is 9.37 Å². The van der Waals surface area contributed by atoms with E-state index in [4.69, 9.17) is 10.5 Å². The molecule has 2 aliphatic heterocycles. The van der Waals surface area contributed by atoms with Gasteiger partial charge in [0, 0.05) is 46.9 Å². The van der Waals surface area contributed by atoms with Crippen molar-refractivity contribution in [3.8, 4) is 5.75 Å². The number of ether oxygens (including phenoxy) is 2. The van der Waals surface area contributed by atoms with Gasteiger partial charge in [-0.05, 0) is 55.7 Å². The molecule has 1 amide bonds. The number of hydrogen-bond acceptors (Lipinski definition) is 5. The van der Waals surface area contributed by atoms with Crippen LogP contribution < -0.4 is 10.5 Å². The first-order chi connectivity index (χ1) is 17.6. The molecule has 0 bridgehead atoms. The van der Waals surface area contributed by atoms with E-state index in [1.807, 2.05) is 0 Å². The summed E-state index contributed by atoms with van der Waals surface area (Å²) in [5.41, 5.74) is 9.63. The minimum absolute atomic E-state index is 0.0927. The van der Waals surface area contributed by atoms with Crippen molar-refractivity contribution in [2.24, 2.45) is 5.41 Å². The van der Waals surface area contributed by atoms with Crippen molar-refractivity contribution in [3.05, 3.63) is 52.6 Å². The number of fused-ring (bicyclic) bond motifs is 3. The normalized spacial score (nSPS) is 19.6. The summed E-state index contributed by atoms with van der Waals surface area (Å²) in [7, 11) is 0. The third kappa shape index (κ3) is 4.28. The molecule has 1 aliphatic carbocycles. The van der Waals surface area contributed by atoms with Gasteiger partial charge in [-0.1, -0.05) is 0 Å². The first kappa shape index (κ1) is 24.0. The van der Waals surface area contributed by atoms with Crippen molar-refractivity contribution in [2.45, 2.75) is 44.4 Å². The molecule has 3 aromatic rings. The molecule has 2 fully saturated rings. The summed E-state index contributed by atoms with van der Waals surface area (Å²) in [6.07, 6.45) is 0.277. The summed E-state index contributed by atoms with van der Waals surface area (Å²) in [4.78, 5) is 22.4. The number of halogens is 4. The highest BCUT2D eigenvalue weighted by atomic mass is 19.4. The predicted octanol–water partition coefficient (Wildman–Crippen LogP) is 4.71. The van der Waals surface area contributed by atoms with Crippen molar-refractivity contribution >= 4 is 22.6 Å². The molecule has 3 N–H and O–H groups in total. The largest absolute Gasteiger partial charge is 0.573 e. The molecule has 4 heterocycles. The highest BCUT2D eigenvalue weighted by molar-refractivity contribution is 5.99. The monoisotopic (exact) mass is 518 g/mol. The molecule has 2 saturated heterocycles. The van der Waals surface area contributed by atoms with E-state index >= 15 is 4.39 Å². The number of aromatic amines is 1. The lowest BCUT2D eigenvalue weighted by molar-refractivity contribution is -0.274. The number of aromatic nitrogens is 2. The molecular formula is C26H26F4N4O3. The number of benzene rings is 1. The van der Waals surface area contributed by atoms with E-state index in [-0.39, 0.29) is 34.3 Å². The minimum Gasteiger partial charge on any atom is -0.406 e. The zero-order valence-electron chi connectivity index (χ0n) is 20.0. The summed E-state index contributed by atoms with van der Waals surface area (Å²) in [6.45, 7) is 2.20. The van der Waals surface area contributed by atoms with Crippen LogP contribution in [0.25, 0.3) is 11.0 Å². The Morgan fingerprint density at radius 3 is 2.65 bits per heavy atom. The Balaban J connectivity index is 1.21. The number of aryl methyl sites for hydroxylation is 1. The number of piperidine rings is 1. The van der Waals surface area contributed by atoms with Crippen LogP contribution in [0.2, 0.25) is 0 Å². The van der Waals surface area contributed by atoms with Gasteiger partial charge >= 0.3 is 6.36 Å². The molecule has 1 aromatic carbocycles.